The molecule has 1 aromatic heterocycles. The second-order valence-corrected chi connectivity index (χ2v) is 6.79. The first-order valence-electron chi connectivity index (χ1n) is 8.87. The van der Waals surface area contributed by atoms with E-state index in [1.807, 2.05) is 24.3 Å². The maximum absolute atomic E-state index is 12.5. The highest BCUT2D eigenvalue weighted by Crippen LogP contribution is 2.15. The molecule has 6 heteroatoms. The Bertz CT molecular complexity index is 987. The number of nitrogens with one attached hydrogen (secondary N) is 2. The van der Waals surface area contributed by atoms with Crippen molar-refractivity contribution in [1.29, 1.82) is 0 Å². The highest BCUT2D eigenvalue weighted by molar-refractivity contribution is 6.30. The maximum Gasteiger partial charge on any atom is 0.257 e. The van der Waals surface area contributed by atoms with Crippen LogP contribution in [0.3, 0.4) is 0 Å². The van der Waals surface area contributed by atoms with E-state index in [-0.39, 0.29) is 11.7 Å². The van der Waals surface area contributed by atoms with Gasteiger partial charge in [0, 0.05) is 35.2 Å². The summed E-state index contributed by atoms with van der Waals surface area (Å²) in [7, 11) is 0. The van der Waals surface area contributed by atoms with Crippen LogP contribution in [0.1, 0.15) is 33.2 Å². The molecule has 0 radical (unpaired) electrons. The summed E-state index contributed by atoms with van der Waals surface area (Å²) < 4.78 is 0. The quantitative estimate of drug-likeness (QED) is 0.563. The van der Waals surface area contributed by atoms with E-state index in [9.17, 15) is 9.59 Å². The van der Waals surface area contributed by atoms with E-state index >= 15 is 0 Å². The van der Waals surface area contributed by atoms with Crippen LogP contribution < -0.4 is 10.6 Å². The molecule has 142 valence electrons. The molecule has 1 heterocycles. The number of halogens is 1. The zero-order valence-corrected chi connectivity index (χ0v) is 16.2. The Hall–Kier alpha value is -3.18. The predicted molar refractivity (Wildman–Crippen MR) is 112 cm³/mol. The fraction of sp³-hybridized carbons (Fsp3) is 0.136. The first-order chi connectivity index (χ1) is 13.5. The fourth-order valence-electron chi connectivity index (χ4n) is 2.70. The second kappa shape index (κ2) is 9.15. The summed E-state index contributed by atoms with van der Waals surface area (Å²) in [6.07, 6.45) is 4.00. The van der Waals surface area contributed by atoms with Crippen molar-refractivity contribution in [3.05, 3.63) is 88.7 Å². The predicted octanol–water partition coefficient (Wildman–Crippen LogP) is 4.84. The minimum absolute atomic E-state index is 0.0152. The van der Waals surface area contributed by atoms with Crippen LogP contribution in [0, 0.1) is 0 Å². The highest BCUT2D eigenvalue weighted by atomic mass is 35.5. The molecule has 0 aliphatic carbocycles. The Morgan fingerprint density at radius 3 is 2.46 bits per heavy atom. The highest BCUT2D eigenvalue weighted by Gasteiger charge is 2.08. The van der Waals surface area contributed by atoms with Crippen LogP contribution in [0.4, 0.5) is 11.4 Å². The Kier molecular flexibility index (Phi) is 6.40. The van der Waals surface area contributed by atoms with Crippen molar-refractivity contribution in [1.82, 2.24) is 4.98 Å². The van der Waals surface area contributed by atoms with Crippen LogP contribution in [0.2, 0.25) is 5.02 Å². The number of Topliss-reactive ketones (excluding diaryl/α,β-unsaturated/α-hetero) is 1. The van der Waals surface area contributed by atoms with Gasteiger partial charge in [0.15, 0.2) is 5.78 Å². The van der Waals surface area contributed by atoms with Crippen molar-refractivity contribution in [2.45, 2.75) is 13.3 Å². The van der Waals surface area contributed by atoms with Crippen LogP contribution in [-0.2, 0) is 6.42 Å². The molecular formula is C22H20ClN3O2. The molecule has 0 bridgehead atoms. The number of aromatic nitrogens is 1. The van der Waals surface area contributed by atoms with Gasteiger partial charge in [-0.3, -0.25) is 14.6 Å². The van der Waals surface area contributed by atoms with Crippen molar-refractivity contribution in [3.8, 4) is 0 Å². The number of benzene rings is 2. The van der Waals surface area contributed by atoms with Crippen molar-refractivity contribution in [3.63, 3.8) is 0 Å². The molecular weight excluding hydrogens is 374 g/mol. The molecule has 28 heavy (non-hydrogen) atoms. The molecule has 0 saturated carbocycles. The van der Waals surface area contributed by atoms with E-state index < -0.39 is 0 Å². The van der Waals surface area contributed by atoms with Gasteiger partial charge in [0.25, 0.3) is 5.91 Å². The molecule has 0 atom stereocenters. The number of carbonyl (C=O) groups is 2. The van der Waals surface area contributed by atoms with Gasteiger partial charge in [-0.1, -0.05) is 23.7 Å². The summed E-state index contributed by atoms with van der Waals surface area (Å²) in [6.45, 7) is 2.20. The summed E-state index contributed by atoms with van der Waals surface area (Å²) in [6, 6.07) is 16.3. The Labute approximate surface area is 168 Å². The fourth-order valence-corrected chi connectivity index (χ4v) is 2.91. The minimum Gasteiger partial charge on any atom is -0.383 e. The molecule has 0 aliphatic rings. The zero-order chi connectivity index (χ0) is 19.9. The summed E-state index contributed by atoms with van der Waals surface area (Å²) >= 11 is 6.00. The van der Waals surface area contributed by atoms with Crippen LogP contribution in [0.5, 0.6) is 0 Å². The van der Waals surface area contributed by atoms with Gasteiger partial charge in [-0.05, 0) is 61.4 Å². The van der Waals surface area contributed by atoms with E-state index in [1.54, 1.807) is 36.5 Å². The maximum atomic E-state index is 12.5. The van der Waals surface area contributed by atoms with Crippen molar-refractivity contribution in [2.75, 3.05) is 17.2 Å². The van der Waals surface area contributed by atoms with E-state index in [4.69, 9.17) is 11.6 Å². The molecule has 2 aromatic carbocycles. The number of carbonyl (C=O) groups excluding carboxylic acids is 2. The number of amides is 1. The Morgan fingerprint density at radius 1 is 0.964 bits per heavy atom. The lowest BCUT2D eigenvalue weighted by Crippen LogP contribution is -2.13. The number of hydrogen-bond acceptors (Lipinski definition) is 4. The third kappa shape index (κ3) is 5.41. The van der Waals surface area contributed by atoms with Gasteiger partial charge in [0.2, 0.25) is 0 Å². The molecule has 0 aliphatic heterocycles. The molecule has 0 unspecified atom stereocenters. The standard InChI is InChI=1S/C22H20ClN3O2/c1-15(27)17-5-7-20(8-6-17)26-22(28)18-12-21(14-24-13-18)25-10-9-16-3-2-4-19(23)11-16/h2-8,11-14,25H,9-10H2,1H3,(H,26,28). The molecule has 2 N–H and O–H groups in total. The Balaban J connectivity index is 1.58. The van der Waals surface area contributed by atoms with Crippen LogP contribution in [0.15, 0.2) is 67.0 Å². The number of nitrogens with zero attached hydrogens (tertiary/aromatic N) is 1. The van der Waals surface area contributed by atoms with Crippen LogP contribution in [0.25, 0.3) is 0 Å². The van der Waals surface area contributed by atoms with Crippen molar-refractivity contribution < 1.29 is 9.59 Å². The molecule has 3 rings (SSSR count). The lowest BCUT2D eigenvalue weighted by molar-refractivity contribution is 0.101. The largest absolute Gasteiger partial charge is 0.383 e. The normalized spacial score (nSPS) is 10.4. The summed E-state index contributed by atoms with van der Waals surface area (Å²) in [5.74, 6) is -0.278. The number of pyridine rings is 1. The van der Waals surface area contributed by atoms with Crippen LogP contribution >= 0.6 is 11.6 Å². The van der Waals surface area contributed by atoms with E-state index in [0.717, 1.165) is 17.7 Å². The van der Waals surface area contributed by atoms with Crippen LogP contribution in [-0.4, -0.2) is 23.2 Å². The second-order valence-electron chi connectivity index (χ2n) is 6.36. The molecule has 3 aromatic rings. The third-order valence-corrected chi connectivity index (χ3v) is 4.42. The molecule has 0 fully saturated rings. The molecule has 0 saturated heterocycles. The molecule has 0 spiro atoms. The SMILES string of the molecule is CC(=O)c1ccc(NC(=O)c2cncc(NCCc3cccc(Cl)c3)c2)cc1. The minimum atomic E-state index is -0.262. The van der Waals surface area contributed by atoms with Gasteiger partial charge in [-0.2, -0.15) is 0 Å². The summed E-state index contributed by atoms with van der Waals surface area (Å²) in [5.41, 5.74) is 3.57. The first-order valence-corrected chi connectivity index (χ1v) is 9.25. The number of rotatable bonds is 7. The average Bonchev–Trinajstić information content (AvgIpc) is 2.69. The number of hydrogen-bond donors (Lipinski definition) is 2. The van der Waals surface area contributed by atoms with Gasteiger partial charge >= 0.3 is 0 Å². The van der Waals surface area contributed by atoms with E-state index in [2.05, 4.69) is 15.6 Å². The number of anilines is 2. The topological polar surface area (TPSA) is 71.1 Å². The monoisotopic (exact) mass is 393 g/mol. The lowest BCUT2D eigenvalue weighted by atomic mass is 10.1. The third-order valence-electron chi connectivity index (χ3n) is 4.18. The lowest BCUT2D eigenvalue weighted by Gasteiger charge is -2.09. The first kappa shape index (κ1) is 19.6. The zero-order valence-electron chi connectivity index (χ0n) is 15.4. The van der Waals surface area contributed by atoms with Gasteiger partial charge in [0.1, 0.15) is 0 Å². The van der Waals surface area contributed by atoms with E-state index in [1.165, 1.54) is 13.1 Å². The molecule has 5 nitrogen and oxygen atoms in total. The van der Waals surface area contributed by atoms with Crippen molar-refractivity contribution in [2.24, 2.45) is 0 Å². The van der Waals surface area contributed by atoms with Crippen molar-refractivity contribution >= 4 is 34.7 Å². The smallest absolute Gasteiger partial charge is 0.257 e. The Morgan fingerprint density at radius 2 is 1.75 bits per heavy atom. The summed E-state index contributed by atoms with van der Waals surface area (Å²) in [4.78, 5) is 27.9. The van der Waals surface area contributed by atoms with E-state index in [0.29, 0.717) is 28.4 Å². The molecule has 1 amide bonds. The summed E-state index contributed by atoms with van der Waals surface area (Å²) in [5, 5.41) is 6.79. The van der Waals surface area contributed by atoms with Gasteiger partial charge in [-0.25, -0.2) is 0 Å². The number of ketones is 1. The van der Waals surface area contributed by atoms with Gasteiger partial charge < -0.3 is 10.6 Å². The average molecular weight is 394 g/mol. The van der Waals surface area contributed by atoms with Gasteiger partial charge in [-0.15, -0.1) is 0 Å². The van der Waals surface area contributed by atoms with Gasteiger partial charge in [0.05, 0.1) is 11.3 Å².